The van der Waals surface area contributed by atoms with E-state index in [1.54, 1.807) is 25.0 Å². The van der Waals surface area contributed by atoms with Gasteiger partial charge >= 0.3 is 28.2 Å². The van der Waals surface area contributed by atoms with Crippen LogP contribution in [0.15, 0.2) is 59.8 Å². The Morgan fingerprint density at radius 3 is 2.43 bits per heavy atom. The van der Waals surface area contributed by atoms with Crippen molar-refractivity contribution in [3.63, 3.8) is 0 Å². The Hall–Kier alpha value is -0.742. The maximum absolute atomic E-state index is 5.10. The van der Waals surface area contributed by atoms with Crippen LogP contribution < -0.4 is 5.43 Å². The monoisotopic (exact) mass is 517 g/mol. The molecule has 0 bridgehead atoms. The van der Waals surface area contributed by atoms with Gasteiger partial charge in [-0.15, -0.1) is 0 Å². The van der Waals surface area contributed by atoms with Gasteiger partial charge in [0.2, 0.25) is 0 Å². The van der Waals surface area contributed by atoms with E-state index in [-0.39, 0.29) is 0 Å². The van der Waals surface area contributed by atoms with Gasteiger partial charge < -0.3 is 0 Å². The van der Waals surface area contributed by atoms with Crippen molar-refractivity contribution >= 4 is 43.4 Å². The second kappa shape index (κ2) is 10.9. The van der Waals surface area contributed by atoms with Crippen LogP contribution in [-0.2, 0) is 18.8 Å². The number of hydrogen-bond donors (Lipinski definition) is 1. The van der Waals surface area contributed by atoms with Gasteiger partial charge in [0.15, 0.2) is 4.32 Å². The van der Waals surface area contributed by atoms with E-state index in [9.17, 15) is 0 Å². The van der Waals surface area contributed by atoms with Crippen LogP contribution in [0, 0.1) is 0 Å². The molecule has 0 aliphatic carbocycles. The van der Waals surface area contributed by atoms with Gasteiger partial charge in [0.05, 0.1) is 5.69 Å². The van der Waals surface area contributed by atoms with Crippen LogP contribution in [0.5, 0.6) is 0 Å². The quantitative estimate of drug-likeness (QED) is 0.382. The van der Waals surface area contributed by atoms with Crippen LogP contribution in [-0.4, -0.2) is 21.3 Å². The van der Waals surface area contributed by atoms with Gasteiger partial charge in [0, 0.05) is 11.8 Å². The number of nitrogens with one attached hydrogen (secondary N) is 1. The molecule has 1 aromatic heterocycles. The molecule has 7 heteroatoms. The molecule has 113 valence electrons. The fraction of sp³-hybridized carbons (Fsp3) is 0.0714. The summed E-state index contributed by atoms with van der Waals surface area (Å²) in [6.45, 7) is 0. The van der Waals surface area contributed by atoms with Crippen LogP contribution in [0.25, 0.3) is 0 Å². The molecule has 0 saturated heterocycles. The van der Waals surface area contributed by atoms with Gasteiger partial charge in [-0.25, -0.2) is 0 Å². The molecule has 1 heterocycles. The van der Waals surface area contributed by atoms with E-state index in [0.717, 1.165) is 17.0 Å². The van der Waals surface area contributed by atoms with Gasteiger partial charge in [0.1, 0.15) is 5.71 Å². The van der Waals surface area contributed by atoms with E-state index in [1.165, 1.54) is 11.8 Å². The van der Waals surface area contributed by atoms with Crippen LogP contribution in [0.1, 0.15) is 11.3 Å². The number of hydrogen-bond acceptors (Lipinski definition) is 4. The zero-order chi connectivity index (χ0) is 15.5. The molecule has 0 atom stereocenters. The normalized spacial score (nSPS) is 10.4. The Bertz CT molecular complexity index is 538. The average Bonchev–Trinajstić information content (AvgIpc) is 2.58. The minimum absolute atomic E-state index is 0.629. The fourth-order valence-corrected chi connectivity index (χ4v) is 1.70. The maximum atomic E-state index is 5.10. The van der Waals surface area contributed by atoms with Crippen molar-refractivity contribution in [2.24, 2.45) is 5.10 Å². The summed E-state index contributed by atoms with van der Waals surface area (Å²) >= 11 is 8.16. The number of halogens is 1. The number of nitrogens with zero attached hydrogens (tertiary/aromatic N) is 2. The first-order valence-electron chi connectivity index (χ1n) is 5.81. The standard InChI is InChI=1S/C14H13N3S2.ClH.Pt/c1-19-14(18)17-16-13(11-7-3-2-4-8-11)12-9-5-6-10-15-12;;/h2-10H,1H3,(H,17,18);1H;/q;;+1/p-1. The summed E-state index contributed by atoms with van der Waals surface area (Å²) in [6, 6.07) is 15.7. The number of pyridine rings is 1. The van der Waals surface area contributed by atoms with E-state index in [0.29, 0.717) is 4.32 Å². The van der Waals surface area contributed by atoms with Gasteiger partial charge in [0.25, 0.3) is 0 Å². The van der Waals surface area contributed by atoms with Crippen molar-refractivity contribution in [3.05, 3.63) is 66.0 Å². The third-order valence-corrected chi connectivity index (χ3v) is 3.45. The molecular formula is C14H13ClN3PtS2. The molecular weight excluding hydrogens is 505 g/mol. The average molecular weight is 518 g/mol. The second-order valence-electron chi connectivity index (χ2n) is 3.64. The van der Waals surface area contributed by atoms with Crippen molar-refractivity contribution in [2.75, 3.05) is 6.26 Å². The summed E-state index contributed by atoms with van der Waals surface area (Å²) in [5.74, 6) is 0. The van der Waals surface area contributed by atoms with Crippen LogP contribution in [0.2, 0.25) is 0 Å². The van der Waals surface area contributed by atoms with Crippen molar-refractivity contribution < 1.29 is 18.8 Å². The van der Waals surface area contributed by atoms with Crippen LogP contribution in [0.3, 0.4) is 0 Å². The number of hydrazone groups is 1. The van der Waals surface area contributed by atoms with Gasteiger partial charge in [-0.05, 0) is 18.4 Å². The van der Waals surface area contributed by atoms with E-state index < -0.39 is 0 Å². The Balaban J connectivity index is 0.00000106. The van der Waals surface area contributed by atoms with Crippen LogP contribution in [0.4, 0.5) is 0 Å². The molecule has 0 radical (unpaired) electrons. The summed E-state index contributed by atoms with van der Waals surface area (Å²) in [7, 11) is 4.61. The molecule has 2 rings (SSSR count). The molecule has 0 saturated carbocycles. The number of aromatic nitrogens is 1. The molecule has 2 aromatic rings. The Morgan fingerprint density at radius 2 is 1.86 bits per heavy atom. The van der Waals surface area contributed by atoms with Gasteiger partial charge in [-0.1, -0.05) is 60.4 Å². The van der Waals surface area contributed by atoms with Gasteiger partial charge in [-0.3, -0.25) is 10.4 Å². The van der Waals surface area contributed by atoms with E-state index in [1.807, 2.05) is 54.8 Å². The molecule has 1 aromatic carbocycles. The molecule has 21 heavy (non-hydrogen) atoms. The van der Waals surface area contributed by atoms with Crippen molar-refractivity contribution in [1.82, 2.24) is 10.4 Å². The molecule has 0 spiro atoms. The first kappa shape index (κ1) is 18.3. The molecule has 3 nitrogen and oxygen atoms in total. The number of benzene rings is 1. The minimum atomic E-state index is 0.629. The zero-order valence-electron chi connectivity index (χ0n) is 11.1. The molecule has 0 fully saturated rings. The van der Waals surface area contributed by atoms with Crippen molar-refractivity contribution in [2.45, 2.75) is 0 Å². The topological polar surface area (TPSA) is 37.3 Å². The summed E-state index contributed by atoms with van der Waals surface area (Å²) in [6.07, 6.45) is 3.66. The fourth-order valence-electron chi connectivity index (χ4n) is 1.52. The Kier molecular flexibility index (Phi) is 9.51. The molecule has 0 amide bonds. The molecule has 0 unspecified atom stereocenters. The van der Waals surface area contributed by atoms with Crippen molar-refractivity contribution in [3.8, 4) is 0 Å². The first-order valence-corrected chi connectivity index (χ1v) is 10.3. The Labute approximate surface area is 149 Å². The number of rotatable bonds is 3. The molecule has 1 N–H and O–H groups in total. The van der Waals surface area contributed by atoms with Crippen LogP contribution >= 0.6 is 33.4 Å². The van der Waals surface area contributed by atoms with E-state index in [2.05, 4.69) is 24.9 Å². The summed E-state index contributed by atoms with van der Waals surface area (Å²) < 4.78 is 0.629. The van der Waals surface area contributed by atoms with Crippen molar-refractivity contribution in [1.29, 1.82) is 0 Å². The second-order valence-corrected chi connectivity index (χ2v) is 5.13. The third kappa shape index (κ3) is 6.27. The van der Waals surface area contributed by atoms with E-state index in [4.69, 9.17) is 12.2 Å². The predicted molar refractivity (Wildman–Crippen MR) is 91.4 cm³/mol. The Morgan fingerprint density at radius 1 is 1.19 bits per heavy atom. The summed E-state index contributed by atoms with van der Waals surface area (Å²) in [4.78, 5) is 4.34. The number of thioether (sulfide) groups is 1. The number of thiocarbonyl (C=S) groups is 1. The third-order valence-electron chi connectivity index (χ3n) is 2.40. The zero-order valence-corrected chi connectivity index (χ0v) is 15.8. The SMILES string of the molecule is CSC(=S)NN=C(c1ccccc1)c1ccccn1.[Cl][Pt]. The van der Waals surface area contributed by atoms with Gasteiger partial charge in [-0.2, -0.15) is 5.10 Å². The van der Waals surface area contributed by atoms with E-state index >= 15 is 0 Å². The summed E-state index contributed by atoms with van der Waals surface area (Å²) in [5.41, 5.74) is 5.46. The molecule has 0 aliphatic heterocycles. The first-order chi connectivity index (χ1) is 10.3. The molecule has 0 aliphatic rings. The predicted octanol–water partition coefficient (Wildman–Crippen LogP) is 3.76. The summed E-state index contributed by atoms with van der Waals surface area (Å²) in [5, 5.41) is 4.38.